The first kappa shape index (κ1) is 15.0. The summed E-state index contributed by atoms with van der Waals surface area (Å²) < 4.78 is 0. The third kappa shape index (κ3) is 2.85. The molecule has 0 atom stereocenters. The van der Waals surface area contributed by atoms with Crippen molar-refractivity contribution in [2.45, 2.75) is 45.6 Å². The maximum absolute atomic E-state index is 12.6. The van der Waals surface area contributed by atoms with Gasteiger partial charge in [0.1, 0.15) is 5.54 Å². The lowest BCUT2D eigenvalue weighted by Crippen LogP contribution is -2.66. The summed E-state index contributed by atoms with van der Waals surface area (Å²) >= 11 is 1.61. The number of rotatable bonds is 5. The molecule has 1 aliphatic rings. The van der Waals surface area contributed by atoms with Gasteiger partial charge in [-0.25, -0.2) is 4.98 Å². The van der Waals surface area contributed by atoms with Crippen molar-refractivity contribution in [3.8, 4) is 0 Å². The first-order valence-electron chi connectivity index (χ1n) is 7.02. The fraction of sp³-hybridized carbons (Fsp3) is 0.643. The normalized spacial score (nSPS) is 18.2. The van der Waals surface area contributed by atoms with Crippen molar-refractivity contribution in [1.29, 1.82) is 0 Å². The number of carbonyl (C=O) groups is 2. The van der Waals surface area contributed by atoms with Crippen molar-refractivity contribution < 1.29 is 9.59 Å². The van der Waals surface area contributed by atoms with Crippen molar-refractivity contribution in [2.75, 3.05) is 13.1 Å². The number of amides is 2. The molecule has 0 radical (unpaired) electrons. The number of aryl methyl sites for hydroxylation is 1. The van der Waals surface area contributed by atoms with Gasteiger partial charge in [0.05, 0.1) is 17.2 Å². The number of piperazine rings is 1. The molecule has 0 bridgehead atoms. The van der Waals surface area contributed by atoms with E-state index in [4.69, 9.17) is 0 Å². The average Bonchev–Trinajstić information content (AvgIpc) is 2.85. The van der Waals surface area contributed by atoms with Gasteiger partial charge < -0.3 is 10.2 Å². The molecule has 1 aromatic rings. The van der Waals surface area contributed by atoms with Crippen LogP contribution in [0.15, 0.2) is 5.38 Å². The van der Waals surface area contributed by atoms with Crippen LogP contribution in [0.2, 0.25) is 0 Å². The highest BCUT2D eigenvalue weighted by molar-refractivity contribution is 7.09. The summed E-state index contributed by atoms with van der Waals surface area (Å²) in [6.45, 7) is 6.55. The van der Waals surface area contributed by atoms with Crippen LogP contribution in [-0.4, -0.2) is 40.3 Å². The molecule has 110 valence electrons. The minimum atomic E-state index is -0.715. The van der Waals surface area contributed by atoms with Gasteiger partial charge in [0.25, 0.3) is 0 Å². The number of aromatic nitrogens is 1. The van der Waals surface area contributed by atoms with E-state index in [0.717, 1.165) is 10.7 Å². The molecular formula is C14H21N3O2S. The van der Waals surface area contributed by atoms with Gasteiger partial charge in [0.2, 0.25) is 11.8 Å². The standard InChI is InChI=1S/C14H21N3O2S/c1-4-14(5-2)13(19)17(8-12(18)16-14)7-6-11-9-20-10(3)15-11/h9H,4-8H2,1-3H3,(H,16,18). The Morgan fingerprint density at radius 1 is 1.40 bits per heavy atom. The Morgan fingerprint density at radius 2 is 2.10 bits per heavy atom. The van der Waals surface area contributed by atoms with Crippen molar-refractivity contribution in [3.05, 3.63) is 16.1 Å². The molecule has 1 N–H and O–H groups in total. The summed E-state index contributed by atoms with van der Waals surface area (Å²) in [5.74, 6) is -0.0307. The lowest BCUT2D eigenvalue weighted by Gasteiger charge is -2.41. The largest absolute Gasteiger partial charge is 0.340 e. The average molecular weight is 295 g/mol. The zero-order chi connectivity index (χ0) is 14.8. The summed E-state index contributed by atoms with van der Waals surface area (Å²) in [7, 11) is 0. The molecule has 1 fully saturated rings. The van der Waals surface area contributed by atoms with Crippen LogP contribution in [0.25, 0.3) is 0 Å². The summed E-state index contributed by atoms with van der Waals surface area (Å²) in [5.41, 5.74) is 0.276. The fourth-order valence-electron chi connectivity index (χ4n) is 2.59. The first-order valence-corrected chi connectivity index (χ1v) is 7.90. The molecule has 20 heavy (non-hydrogen) atoms. The third-order valence-corrected chi connectivity index (χ3v) is 4.74. The highest BCUT2D eigenvalue weighted by Gasteiger charge is 2.43. The lowest BCUT2D eigenvalue weighted by molar-refractivity contribution is -0.150. The fourth-order valence-corrected chi connectivity index (χ4v) is 3.24. The molecule has 0 spiro atoms. The van der Waals surface area contributed by atoms with Crippen LogP contribution in [-0.2, 0) is 16.0 Å². The molecule has 1 aliphatic heterocycles. The molecule has 0 aromatic carbocycles. The van der Waals surface area contributed by atoms with Gasteiger partial charge in [-0.15, -0.1) is 11.3 Å². The Morgan fingerprint density at radius 3 is 2.65 bits per heavy atom. The van der Waals surface area contributed by atoms with E-state index in [-0.39, 0.29) is 18.4 Å². The Hall–Kier alpha value is -1.43. The van der Waals surface area contributed by atoms with Crippen LogP contribution in [0.4, 0.5) is 0 Å². The summed E-state index contributed by atoms with van der Waals surface area (Å²) in [4.78, 5) is 30.5. The van der Waals surface area contributed by atoms with Gasteiger partial charge in [-0.3, -0.25) is 9.59 Å². The summed E-state index contributed by atoms with van der Waals surface area (Å²) in [5, 5.41) is 5.91. The Labute approximate surface area is 123 Å². The number of hydrogen-bond acceptors (Lipinski definition) is 4. The molecule has 2 rings (SSSR count). The van der Waals surface area contributed by atoms with Crippen molar-refractivity contribution >= 4 is 23.2 Å². The van der Waals surface area contributed by atoms with Crippen LogP contribution < -0.4 is 5.32 Å². The highest BCUT2D eigenvalue weighted by Crippen LogP contribution is 2.22. The van der Waals surface area contributed by atoms with Gasteiger partial charge in [0.15, 0.2) is 0 Å². The van der Waals surface area contributed by atoms with Crippen LogP contribution in [0.3, 0.4) is 0 Å². The second-order valence-electron chi connectivity index (χ2n) is 5.17. The van der Waals surface area contributed by atoms with Gasteiger partial charge in [0, 0.05) is 18.3 Å². The van der Waals surface area contributed by atoms with Crippen LogP contribution in [0.1, 0.15) is 37.4 Å². The molecule has 2 heterocycles. The van der Waals surface area contributed by atoms with Crippen molar-refractivity contribution in [3.63, 3.8) is 0 Å². The van der Waals surface area contributed by atoms with Gasteiger partial charge in [-0.05, 0) is 19.8 Å². The second kappa shape index (κ2) is 5.91. The Balaban J connectivity index is 2.06. The number of thiazole rings is 1. The molecular weight excluding hydrogens is 274 g/mol. The monoisotopic (exact) mass is 295 g/mol. The van der Waals surface area contributed by atoms with E-state index in [9.17, 15) is 9.59 Å². The summed E-state index contributed by atoms with van der Waals surface area (Å²) in [6, 6.07) is 0. The minimum absolute atomic E-state index is 0.0362. The van der Waals surface area contributed by atoms with E-state index in [1.807, 2.05) is 26.2 Å². The quantitative estimate of drug-likeness (QED) is 0.895. The predicted octanol–water partition coefficient (Wildman–Crippen LogP) is 1.51. The molecule has 1 aromatic heterocycles. The van der Waals surface area contributed by atoms with E-state index in [1.54, 1.807) is 16.2 Å². The third-order valence-electron chi connectivity index (χ3n) is 3.92. The molecule has 2 amide bonds. The van der Waals surface area contributed by atoms with Crippen LogP contribution >= 0.6 is 11.3 Å². The van der Waals surface area contributed by atoms with E-state index in [1.165, 1.54) is 0 Å². The summed E-state index contributed by atoms with van der Waals surface area (Å²) in [6.07, 6.45) is 1.95. The number of nitrogens with zero attached hydrogens (tertiary/aromatic N) is 2. The number of nitrogens with one attached hydrogen (secondary N) is 1. The molecule has 0 unspecified atom stereocenters. The minimum Gasteiger partial charge on any atom is -0.340 e. The van der Waals surface area contributed by atoms with Gasteiger partial charge in [-0.2, -0.15) is 0 Å². The zero-order valence-electron chi connectivity index (χ0n) is 12.2. The Kier molecular flexibility index (Phi) is 4.42. The maximum Gasteiger partial charge on any atom is 0.248 e. The number of carbonyl (C=O) groups excluding carboxylic acids is 2. The van der Waals surface area contributed by atoms with Crippen LogP contribution in [0, 0.1) is 6.92 Å². The lowest BCUT2D eigenvalue weighted by atomic mass is 9.89. The predicted molar refractivity (Wildman–Crippen MR) is 78.6 cm³/mol. The molecule has 0 aliphatic carbocycles. The maximum atomic E-state index is 12.6. The van der Waals surface area contributed by atoms with Crippen molar-refractivity contribution in [2.24, 2.45) is 0 Å². The van der Waals surface area contributed by atoms with E-state index >= 15 is 0 Å². The van der Waals surface area contributed by atoms with Gasteiger partial charge >= 0.3 is 0 Å². The van der Waals surface area contributed by atoms with E-state index < -0.39 is 5.54 Å². The molecule has 6 heteroatoms. The van der Waals surface area contributed by atoms with Crippen LogP contribution in [0.5, 0.6) is 0 Å². The number of hydrogen-bond donors (Lipinski definition) is 1. The van der Waals surface area contributed by atoms with Crippen molar-refractivity contribution in [1.82, 2.24) is 15.2 Å². The SMILES string of the molecule is CCC1(CC)NC(=O)CN(CCc2csc(C)n2)C1=O. The molecule has 0 saturated carbocycles. The molecule has 5 nitrogen and oxygen atoms in total. The second-order valence-corrected chi connectivity index (χ2v) is 6.23. The van der Waals surface area contributed by atoms with E-state index in [0.29, 0.717) is 25.8 Å². The topological polar surface area (TPSA) is 62.3 Å². The van der Waals surface area contributed by atoms with Gasteiger partial charge in [-0.1, -0.05) is 13.8 Å². The first-order chi connectivity index (χ1) is 9.50. The molecule has 1 saturated heterocycles. The Bertz CT molecular complexity index is 508. The van der Waals surface area contributed by atoms with E-state index in [2.05, 4.69) is 10.3 Å². The smallest absolute Gasteiger partial charge is 0.248 e. The zero-order valence-corrected chi connectivity index (χ0v) is 13.0. The highest BCUT2D eigenvalue weighted by atomic mass is 32.1.